The molecule has 72 valence electrons. The molecule has 0 saturated heterocycles. The molecule has 15 heavy (non-hydrogen) atoms. The summed E-state index contributed by atoms with van der Waals surface area (Å²) in [5, 5.41) is 3.62. The second-order valence-corrected chi connectivity index (χ2v) is 2.98. The minimum atomic E-state index is 0.420. The van der Waals surface area contributed by atoms with E-state index in [-0.39, 0.29) is 0 Å². The van der Waals surface area contributed by atoms with Crippen LogP contribution in [-0.4, -0.2) is 0 Å². The molecule has 0 saturated carbocycles. The van der Waals surface area contributed by atoms with Crippen molar-refractivity contribution in [2.24, 2.45) is 5.11 Å². The summed E-state index contributed by atoms with van der Waals surface area (Å²) < 4.78 is 7.80. The molecule has 3 nitrogen and oxygen atoms in total. The van der Waals surface area contributed by atoms with E-state index < -0.39 is 0 Å². The zero-order chi connectivity index (χ0) is 11.4. The van der Waals surface area contributed by atoms with E-state index in [9.17, 15) is 0 Å². The lowest BCUT2D eigenvalue weighted by molar-refractivity contribution is 1.47. The summed E-state index contributed by atoms with van der Waals surface area (Å²) in [6, 6.07) is 14.9. The molecule has 0 aliphatic carbocycles. The highest BCUT2D eigenvalue weighted by Crippen LogP contribution is 2.29. The van der Waals surface area contributed by atoms with Crippen molar-refractivity contribution in [3.8, 4) is 11.1 Å². The van der Waals surface area contributed by atoms with Crippen molar-refractivity contribution in [3.05, 3.63) is 65.0 Å². The van der Waals surface area contributed by atoms with Gasteiger partial charge in [-0.15, -0.1) is 0 Å². The van der Waals surface area contributed by atoms with E-state index in [1.807, 2.05) is 30.3 Å². The number of nitrogens with zero attached hydrogens (tertiary/aromatic N) is 3. The van der Waals surface area contributed by atoms with Crippen LogP contribution in [0.5, 0.6) is 0 Å². The van der Waals surface area contributed by atoms with Crippen molar-refractivity contribution in [3.63, 3.8) is 0 Å². The zero-order valence-electron chi connectivity index (χ0n) is 8.96. The van der Waals surface area contributed by atoms with Gasteiger partial charge in [-0.3, -0.25) is 0 Å². The molecule has 0 N–H and O–H groups in total. The van der Waals surface area contributed by atoms with Crippen LogP contribution in [0.15, 0.2) is 59.7 Å². The molecule has 0 fully saturated rings. The number of rotatable bonds is 2. The van der Waals surface area contributed by atoms with Crippen molar-refractivity contribution < 1.29 is 1.37 Å². The van der Waals surface area contributed by atoms with Crippen molar-refractivity contribution in [2.45, 2.75) is 0 Å². The lowest BCUT2D eigenvalue weighted by Gasteiger charge is -2.03. The molecule has 0 atom stereocenters. The molecule has 0 aliphatic heterocycles. The van der Waals surface area contributed by atoms with Gasteiger partial charge in [-0.25, -0.2) is 0 Å². The Labute approximate surface area is 89.0 Å². The molecule has 0 aromatic heterocycles. The van der Waals surface area contributed by atoms with Gasteiger partial charge in [0.05, 0.1) is 1.37 Å². The Morgan fingerprint density at radius 1 is 1.07 bits per heavy atom. The summed E-state index contributed by atoms with van der Waals surface area (Å²) in [5.74, 6) is 0. The summed E-state index contributed by atoms with van der Waals surface area (Å²) in [4.78, 5) is 2.79. The maximum Gasteiger partial charge on any atom is 0.0629 e. The van der Waals surface area contributed by atoms with Crippen molar-refractivity contribution >= 4 is 5.69 Å². The van der Waals surface area contributed by atoms with Gasteiger partial charge < -0.3 is 0 Å². The topological polar surface area (TPSA) is 48.8 Å². The Balaban J connectivity index is 2.64. The Bertz CT molecular complexity index is 560. The highest BCUT2D eigenvalue weighted by Gasteiger charge is 2.00. The van der Waals surface area contributed by atoms with Crippen LogP contribution in [0.4, 0.5) is 5.69 Å². The minimum Gasteiger partial charge on any atom is -0.0622 e. The molecular formula is C12H9N3. The highest BCUT2D eigenvalue weighted by molar-refractivity contribution is 5.75. The maximum absolute atomic E-state index is 8.47. The molecule has 2 aromatic rings. The molecule has 2 aromatic carbocycles. The van der Waals surface area contributed by atoms with Gasteiger partial charge in [-0.1, -0.05) is 59.7 Å². The average Bonchev–Trinajstić information content (AvgIpc) is 2.31. The molecule has 0 amide bonds. The van der Waals surface area contributed by atoms with Crippen molar-refractivity contribution in [2.75, 3.05) is 0 Å². The zero-order valence-corrected chi connectivity index (χ0v) is 7.96. The third-order valence-electron chi connectivity index (χ3n) is 2.06. The number of hydrogen-bond donors (Lipinski definition) is 0. The molecule has 0 unspecified atom stereocenters. The van der Waals surface area contributed by atoms with Crippen LogP contribution >= 0.6 is 0 Å². The van der Waals surface area contributed by atoms with Crippen LogP contribution in [0.2, 0.25) is 0 Å². The van der Waals surface area contributed by atoms with E-state index in [2.05, 4.69) is 10.0 Å². The van der Waals surface area contributed by atoms with Crippen LogP contribution in [0.1, 0.15) is 1.37 Å². The van der Waals surface area contributed by atoms with Crippen molar-refractivity contribution in [1.29, 1.82) is 0 Å². The fraction of sp³-hybridized carbons (Fsp3) is 0. The van der Waals surface area contributed by atoms with Gasteiger partial charge in [0.25, 0.3) is 0 Å². The fourth-order valence-corrected chi connectivity index (χ4v) is 1.40. The normalized spacial score (nSPS) is 10.3. The Kier molecular flexibility index (Phi) is 2.32. The van der Waals surface area contributed by atoms with Gasteiger partial charge >= 0.3 is 0 Å². The summed E-state index contributed by atoms with van der Waals surface area (Å²) in [5.41, 5.74) is 10.6. The van der Waals surface area contributed by atoms with Gasteiger partial charge in [0, 0.05) is 10.6 Å². The lowest BCUT2D eigenvalue weighted by Crippen LogP contribution is -1.76. The molecular weight excluding hydrogens is 186 g/mol. The Hall–Kier alpha value is -2.25. The maximum atomic E-state index is 8.47. The van der Waals surface area contributed by atoms with Gasteiger partial charge in [-0.2, -0.15) is 0 Å². The standard InChI is InChI=1S/C12H9N3/c13-15-14-12-9-5-4-8-11(12)10-6-2-1-3-7-10/h1-9H/i6D. The van der Waals surface area contributed by atoms with E-state index >= 15 is 0 Å². The van der Waals surface area contributed by atoms with Crippen LogP contribution < -0.4 is 0 Å². The quantitative estimate of drug-likeness (QED) is 0.390. The second-order valence-electron chi connectivity index (χ2n) is 2.98. The average molecular weight is 196 g/mol. The molecule has 2 rings (SSSR count). The predicted octanol–water partition coefficient (Wildman–Crippen LogP) is 4.30. The molecule has 0 bridgehead atoms. The monoisotopic (exact) mass is 196 g/mol. The Morgan fingerprint density at radius 2 is 1.87 bits per heavy atom. The molecule has 0 spiro atoms. The van der Waals surface area contributed by atoms with E-state index in [1.54, 1.807) is 18.2 Å². The molecule has 0 aliphatic rings. The first-order valence-corrected chi connectivity index (χ1v) is 4.53. The summed E-state index contributed by atoms with van der Waals surface area (Å²) >= 11 is 0. The lowest BCUT2D eigenvalue weighted by atomic mass is 10.0. The third kappa shape index (κ3) is 1.98. The predicted molar refractivity (Wildman–Crippen MR) is 60.7 cm³/mol. The van der Waals surface area contributed by atoms with Gasteiger partial charge in [0.2, 0.25) is 0 Å². The first-order chi connectivity index (χ1) is 7.83. The van der Waals surface area contributed by atoms with Crippen LogP contribution in [0.25, 0.3) is 21.6 Å². The highest BCUT2D eigenvalue weighted by atomic mass is 15.1. The van der Waals surface area contributed by atoms with E-state index in [4.69, 9.17) is 6.90 Å². The van der Waals surface area contributed by atoms with E-state index in [0.717, 1.165) is 11.1 Å². The summed E-state index contributed by atoms with van der Waals surface area (Å²) in [6.07, 6.45) is 0. The summed E-state index contributed by atoms with van der Waals surface area (Å²) in [7, 11) is 0. The third-order valence-corrected chi connectivity index (χ3v) is 2.06. The fourth-order valence-electron chi connectivity index (χ4n) is 1.40. The van der Waals surface area contributed by atoms with Gasteiger partial charge in [0.1, 0.15) is 0 Å². The number of benzene rings is 2. The number of azide groups is 1. The van der Waals surface area contributed by atoms with Crippen molar-refractivity contribution in [1.82, 2.24) is 0 Å². The first-order valence-electron chi connectivity index (χ1n) is 5.03. The second kappa shape index (κ2) is 4.31. The minimum absolute atomic E-state index is 0.420. The summed E-state index contributed by atoms with van der Waals surface area (Å²) in [6.45, 7) is 0. The molecule has 0 radical (unpaired) electrons. The van der Waals surface area contributed by atoms with Crippen LogP contribution in [0.3, 0.4) is 0 Å². The Morgan fingerprint density at radius 3 is 2.67 bits per heavy atom. The molecule has 0 heterocycles. The van der Waals surface area contributed by atoms with Gasteiger partial charge in [0.15, 0.2) is 0 Å². The SMILES string of the molecule is [2H]c1ccccc1-c1ccccc1N=[N+]=[N-]. The number of hydrogen-bond acceptors (Lipinski definition) is 1. The van der Waals surface area contributed by atoms with Gasteiger partial charge in [-0.05, 0) is 16.7 Å². The van der Waals surface area contributed by atoms with E-state index in [1.165, 1.54) is 0 Å². The van der Waals surface area contributed by atoms with Crippen LogP contribution in [-0.2, 0) is 0 Å². The molecule has 3 heteroatoms. The smallest absolute Gasteiger partial charge is 0.0622 e. The first kappa shape index (κ1) is 8.09. The largest absolute Gasteiger partial charge is 0.0629 e. The van der Waals surface area contributed by atoms with E-state index in [0.29, 0.717) is 11.7 Å². The van der Waals surface area contributed by atoms with Crippen LogP contribution in [0, 0.1) is 0 Å².